The third kappa shape index (κ3) is 3.87. The zero-order valence-electron chi connectivity index (χ0n) is 14.2. The van der Waals surface area contributed by atoms with Gasteiger partial charge in [-0.3, -0.25) is 0 Å². The zero-order valence-corrected chi connectivity index (χ0v) is 14.2. The molecular formula is C19H21N5. The predicted molar refractivity (Wildman–Crippen MR) is 98.1 cm³/mol. The Hall–Kier alpha value is -2.95. The SMILES string of the molecule is CCc1ccc(Nc2cnnc(Nc3ccc(C)c(C)c3)n2)cc1. The molecule has 0 atom stereocenters. The molecule has 0 aliphatic carbocycles. The van der Waals surface area contributed by atoms with Crippen molar-refractivity contribution in [2.75, 3.05) is 10.6 Å². The molecule has 122 valence electrons. The standard InChI is InChI=1S/C19H21N5/c1-4-15-6-9-16(10-7-15)21-18-12-20-24-19(23-18)22-17-8-5-13(2)14(3)11-17/h5-12H,4H2,1-3H3,(H2,21,22,23,24). The van der Waals surface area contributed by atoms with Crippen LogP contribution in [-0.4, -0.2) is 15.2 Å². The lowest BCUT2D eigenvalue weighted by atomic mass is 10.1. The second kappa shape index (κ2) is 7.08. The quantitative estimate of drug-likeness (QED) is 0.723. The number of anilines is 4. The monoisotopic (exact) mass is 319 g/mol. The average Bonchev–Trinajstić information content (AvgIpc) is 2.59. The number of benzene rings is 2. The van der Waals surface area contributed by atoms with E-state index in [1.807, 2.05) is 18.2 Å². The second-order valence-corrected chi connectivity index (χ2v) is 5.76. The first-order valence-electron chi connectivity index (χ1n) is 8.04. The van der Waals surface area contributed by atoms with Gasteiger partial charge >= 0.3 is 0 Å². The summed E-state index contributed by atoms with van der Waals surface area (Å²) in [4.78, 5) is 4.46. The Morgan fingerprint density at radius 1 is 0.875 bits per heavy atom. The molecule has 0 aliphatic heterocycles. The number of rotatable bonds is 5. The maximum Gasteiger partial charge on any atom is 0.249 e. The van der Waals surface area contributed by atoms with Crippen molar-refractivity contribution in [3.63, 3.8) is 0 Å². The number of hydrogen-bond acceptors (Lipinski definition) is 5. The van der Waals surface area contributed by atoms with E-state index >= 15 is 0 Å². The van der Waals surface area contributed by atoms with Gasteiger partial charge in [0.25, 0.3) is 0 Å². The lowest BCUT2D eigenvalue weighted by Gasteiger charge is -2.09. The van der Waals surface area contributed by atoms with E-state index in [0.29, 0.717) is 11.8 Å². The predicted octanol–water partition coefficient (Wildman–Crippen LogP) is 4.54. The Morgan fingerprint density at radius 2 is 1.62 bits per heavy atom. The molecule has 24 heavy (non-hydrogen) atoms. The summed E-state index contributed by atoms with van der Waals surface area (Å²) in [5, 5.41) is 14.5. The third-order valence-electron chi connectivity index (χ3n) is 3.96. The lowest BCUT2D eigenvalue weighted by Crippen LogP contribution is -2.02. The lowest BCUT2D eigenvalue weighted by molar-refractivity contribution is 0.982. The van der Waals surface area contributed by atoms with Gasteiger partial charge in [0.05, 0.1) is 6.20 Å². The molecule has 2 N–H and O–H groups in total. The van der Waals surface area contributed by atoms with Crippen molar-refractivity contribution in [1.82, 2.24) is 15.2 Å². The smallest absolute Gasteiger partial charge is 0.249 e. The maximum absolute atomic E-state index is 4.46. The molecule has 0 unspecified atom stereocenters. The fourth-order valence-electron chi connectivity index (χ4n) is 2.34. The summed E-state index contributed by atoms with van der Waals surface area (Å²) < 4.78 is 0. The molecule has 5 nitrogen and oxygen atoms in total. The summed E-state index contributed by atoms with van der Waals surface area (Å²) in [5.41, 5.74) is 5.71. The molecule has 5 heteroatoms. The highest BCUT2D eigenvalue weighted by Crippen LogP contribution is 2.19. The molecule has 0 spiro atoms. The Balaban J connectivity index is 1.74. The second-order valence-electron chi connectivity index (χ2n) is 5.76. The molecule has 0 bridgehead atoms. The van der Waals surface area contributed by atoms with Crippen molar-refractivity contribution in [2.24, 2.45) is 0 Å². The number of aryl methyl sites for hydroxylation is 3. The summed E-state index contributed by atoms with van der Waals surface area (Å²) in [7, 11) is 0. The molecule has 0 radical (unpaired) electrons. The Morgan fingerprint density at radius 3 is 2.33 bits per heavy atom. The van der Waals surface area contributed by atoms with E-state index in [1.54, 1.807) is 6.20 Å². The number of nitrogens with one attached hydrogen (secondary N) is 2. The van der Waals surface area contributed by atoms with Crippen LogP contribution in [0.1, 0.15) is 23.6 Å². The van der Waals surface area contributed by atoms with Crippen LogP contribution in [0.2, 0.25) is 0 Å². The fourth-order valence-corrected chi connectivity index (χ4v) is 2.34. The summed E-state index contributed by atoms with van der Waals surface area (Å²) in [5.74, 6) is 1.12. The molecule has 0 fully saturated rings. The zero-order chi connectivity index (χ0) is 16.9. The largest absolute Gasteiger partial charge is 0.339 e. The van der Waals surface area contributed by atoms with Gasteiger partial charge in [-0.1, -0.05) is 25.1 Å². The van der Waals surface area contributed by atoms with Crippen LogP contribution >= 0.6 is 0 Å². The van der Waals surface area contributed by atoms with Crippen molar-refractivity contribution in [3.8, 4) is 0 Å². The van der Waals surface area contributed by atoms with Gasteiger partial charge in [0.15, 0.2) is 5.82 Å². The maximum atomic E-state index is 4.46. The highest BCUT2D eigenvalue weighted by Gasteiger charge is 2.03. The first-order valence-corrected chi connectivity index (χ1v) is 8.04. The molecular weight excluding hydrogens is 298 g/mol. The Kier molecular flexibility index (Phi) is 4.70. The molecule has 3 aromatic rings. The average molecular weight is 319 g/mol. The van der Waals surface area contributed by atoms with E-state index in [9.17, 15) is 0 Å². The Bertz CT molecular complexity index is 827. The summed E-state index contributed by atoms with van der Waals surface area (Å²) in [6, 6.07) is 14.4. The molecule has 3 rings (SSSR count). The highest BCUT2D eigenvalue weighted by molar-refractivity contribution is 5.59. The first-order chi connectivity index (χ1) is 11.6. The van der Waals surface area contributed by atoms with Gasteiger partial charge in [-0.15, -0.1) is 5.10 Å². The van der Waals surface area contributed by atoms with Crippen LogP contribution in [0.25, 0.3) is 0 Å². The molecule has 1 aromatic heterocycles. The van der Waals surface area contributed by atoms with Crippen molar-refractivity contribution < 1.29 is 0 Å². The molecule has 0 amide bonds. The van der Waals surface area contributed by atoms with Crippen LogP contribution in [0.3, 0.4) is 0 Å². The van der Waals surface area contributed by atoms with Crippen LogP contribution in [0.5, 0.6) is 0 Å². The van der Waals surface area contributed by atoms with E-state index in [0.717, 1.165) is 17.8 Å². The third-order valence-corrected chi connectivity index (χ3v) is 3.96. The number of nitrogens with zero attached hydrogens (tertiary/aromatic N) is 3. The van der Waals surface area contributed by atoms with Crippen LogP contribution in [0.4, 0.5) is 23.1 Å². The van der Waals surface area contributed by atoms with Crippen LogP contribution in [0.15, 0.2) is 48.7 Å². The van der Waals surface area contributed by atoms with Gasteiger partial charge < -0.3 is 10.6 Å². The van der Waals surface area contributed by atoms with Gasteiger partial charge in [0.1, 0.15) is 0 Å². The topological polar surface area (TPSA) is 62.7 Å². The van der Waals surface area contributed by atoms with E-state index in [4.69, 9.17) is 0 Å². The van der Waals surface area contributed by atoms with Gasteiger partial charge in [-0.05, 0) is 61.2 Å². The minimum atomic E-state index is 0.466. The van der Waals surface area contributed by atoms with Crippen molar-refractivity contribution in [2.45, 2.75) is 27.2 Å². The normalized spacial score (nSPS) is 10.5. The van der Waals surface area contributed by atoms with E-state index < -0.39 is 0 Å². The Labute approximate surface area is 142 Å². The van der Waals surface area contributed by atoms with Crippen molar-refractivity contribution in [1.29, 1.82) is 0 Å². The van der Waals surface area contributed by atoms with Gasteiger partial charge in [-0.25, -0.2) is 0 Å². The summed E-state index contributed by atoms with van der Waals surface area (Å²) >= 11 is 0. The van der Waals surface area contributed by atoms with Gasteiger partial charge in [0.2, 0.25) is 5.95 Å². The molecule has 0 aliphatic rings. The van der Waals surface area contributed by atoms with Gasteiger partial charge in [-0.2, -0.15) is 10.1 Å². The summed E-state index contributed by atoms with van der Waals surface area (Å²) in [6.07, 6.45) is 2.64. The van der Waals surface area contributed by atoms with Crippen LogP contribution in [-0.2, 0) is 6.42 Å². The minimum Gasteiger partial charge on any atom is -0.339 e. The highest BCUT2D eigenvalue weighted by atomic mass is 15.3. The van der Waals surface area contributed by atoms with E-state index in [1.165, 1.54) is 16.7 Å². The van der Waals surface area contributed by atoms with E-state index in [-0.39, 0.29) is 0 Å². The fraction of sp³-hybridized carbons (Fsp3) is 0.211. The van der Waals surface area contributed by atoms with Crippen molar-refractivity contribution in [3.05, 3.63) is 65.4 Å². The molecule has 1 heterocycles. The number of aromatic nitrogens is 3. The first kappa shape index (κ1) is 15.9. The van der Waals surface area contributed by atoms with Crippen LogP contribution in [0, 0.1) is 13.8 Å². The van der Waals surface area contributed by atoms with Crippen LogP contribution < -0.4 is 10.6 Å². The summed E-state index contributed by atoms with van der Waals surface area (Å²) in [6.45, 7) is 6.31. The minimum absolute atomic E-state index is 0.466. The molecule has 2 aromatic carbocycles. The number of hydrogen-bond donors (Lipinski definition) is 2. The molecule has 0 saturated carbocycles. The van der Waals surface area contributed by atoms with E-state index in [2.05, 4.69) is 70.9 Å². The van der Waals surface area contributed by atoms with Crippen molar-refractivity contribution >= 4 is 23.1 Å². The van der Waals surface area contributed by atoms with Gasteiger partial charge in [0, 0.05) is 11.4 Å². The molecule has 0 saturated heterocycles.